The molecule has 39 valence electrons. The van der Waals surface area contributed by atoms with Gasteiger partial charge in [0.2, 0.25) is 0 Å². The fourth-order valence-corrected chi connectivity index (χ4v) is 0. The molecule has 0 aliphatic rings. The first-order valence-corrected chi connectivity index (χ1v) is 0.775. The fraction of sp³-hybridized carbons (Fsp3) is 0. The second kappa shape index (κ2) is 10.4. The van der Waals surface area contributed by atoms with Crippen LogP contribution in [0, 0.1) is 37.7 Å². The molecule has 0 heterocycles. The first-order chi connectivity index (χ1) is 1.73. The van der Waals surface area contributed by atoms with Crippen LogP contribution in [0.4, 0.5) is 0 Å². The summed E-state index contributed by atoms with van der Waals surface area (Å²) in [5, 5.41) is 21.5. The Kier molecular flexibility index (Phi) is 27.5. The van der Waals surface area contributed by atoms with Crippen molar-refractivity contribution in [2.75, 3.05) is 0 Å². The minimum absolute atomic E-state index is 0. The Morgan fingerprint density at radius 2 is 1.00 bits per heavy atom. The van der Waals surface area contributed by atoms with Crippen molar-refractivity contribution in [3.8, 4) is 0 Å². The molecule has 0 unspecified atom stereocenters. The van der Waals surface area contributed by atoms with E-state index in [9.17, 15) is 0 Å². The Hall–Kier alpha value is 2.46. The smallest absolute Gasteiger partial charge is 0 e. The normalized spacial score (nSPS) is 4.50. The molecule has 6 heavy (non-hydrogen) atoms. The van der Waals surface area contributed by atoms with Crippen LogP contribution >= 0.6 is 0 Å². The maximum absolute atomic E-state index is 7.17. The van der Waals surface area contributed by atoms with Crippen molar-refractivity contribution in [1.29, 1.82) is 0 Å². The zero-order valence-electron chi connectivity index (χ0n) is 2.22. The van der Waals surface area contributed by atoms with Gasteiger partial charge >= 0.3 is 45.1 Å². The van der Waals surface area contributed by atoms with Gasteiger partial charge in [-0.3, -0.25) is 0 Å². The number of rotatable bonds is 0. The number of hydrogen-bond acceptors (Lipinski definition) is 3. The van der Waals surface area contributed by atoms with Gasteiger partial charge in [0.15, 0.2) is 0 Å². The molecule has 0 aromatic rings. The predicted octanol–water partition coefficient (Wildman–Crippen LogP) is -2.97. The van der Waals surface area contributed by atoms with E-state index in [-0.39, 0.29) is 75.5 Å². The molecule has 0 aliphatic carbocycles. The van der Waals surface area contributed by atoms with Gasteiger partial charge in [-0.25, -0.2) is 0 Å². The van der Waals surface area contributed by atoms with Crippen LogP contribution in [0.3, 0.4) is 0 Å². The molecule has 0 fully saturated rings. The molecule has 3 nitrogen and oxygen atoms in total. The van der Waals surface area contributed by atoms with E-state index in [4.69, 9.17) is 15.1 Å². The van der Waals surface area contributed by atoms with E-state index in [0.717, 1.165) is 0 Å². The second-order valence-electron chi connectivity index (χ2n) is 0.346. The minimum atomic E-state index is -2.17. The summed E-state index contributed by atoms with van der Waals surface area (Å²) in [6.07, 6.45) is 0. The summed E-state index contributed by atoms with van der Waals surface area (Å²) in [6.45, 7) is 0. The van der Waals surface area contributed by atoms with Crippen LogP contribution in [0.25, 0.3) is 0 Å². The van der Waals surface area contributed by atoms with Gasteiger partial charge in [0.25, 0.3) is 0 Å². The van der Waals surface area contributed by atoms with E-state index < -0.39 is 7.32 Å². The van der Waals surface area contributed by atoms with Crippen molar-refractivity contribution < 1.29 is 52.8 Å². The van der Waals surface area contributed by atoms with E-state index in [1.807, 2.05) is 0 Å². The van der Waals surface area contributed by atoms with E-state index >= 15 is 0 Å². The van der Waals surface area contributed by atoms with Crippen molar-refractivity contribution in [1.82, 2.24) is 0 Å². The molecule has 0 rings (SSSR count). The zero-order chi connectivity index (χ0) is 3.58. The van der Waals surface area contributed by atoms with Gasteiger partial charge in [-0.05, 0) is 0 Å². The van der Waals surface area contributed by atoms with Gasteiger partial charge in [0.05, 0.1) is 0 Å². The summed E-state index contributed by atoms with van der Waals surface area (Å²) < 4.78 is 0. The standard InChI is InChI=1S/BH3O3.Ca.Ho.2H/c2-1(3)4;;;;/h2-4H;;;;. The van der Waals surface area contributed by atoms with Crippen LogP contribution in [0.5, 0.6) is 0 Å². The molecule has 0 aromatic carbocycles. The van der Waals surface area contributed by atoms with Crippen LogP contribution in [0.15, 0.2) is 0 Å². The van der Waals surface area contributed by atoms with Gasteiger partial charge in [-0.1, -0.05) is 0 Å². The topological polar surface area (TPSA) is 60.7 Å². The quantitative estimate of drug-likeness (QED) is 0.412. The number of hydrogen-bond donors (Lipinski definition) is 3. The molecule has 0 saturated heterocycles. The molecule has 1 radical (unpaired) electrons. The van der Waals surface area contributed by atoms with E-state index in [2.05, 4.69) is 0 Å². The van der Waals surface area contributed by atoms with Crippen LogP contribution in [0.2, 0.25) is 0 Å². The SMILES string of the molecule is OB(O)O.[CaH2].[Ho]. The molecular weight excluding hydrogens is 264 g/mol. The first-order valence-electron chi connectivity index (χ1n) is 0.775. The molecule has 0 atom stereocenters. The molecular formula is H5BCaHoO3. The van der Waals surface area contributed by atoms with Crippen LogP contribution < -0.4 is 0 Å². The molecule has 0 aromatic heterocycles. The summed E-state index contributed by atoms with van der Waals surface area (Å²) in [6, 6.07) is 0. The molecule has 0 bridgehead atoms. The summed E-state index contributed by atoms with van der Waals surface area (Å²) in [5.74, 6) is 0. The van der Waals surface area contributed by atoms with Crippen molar-refractivity contribution in [3.05, 3.63) is 0 Å². The first kappa shape index (κ1) is 15.8. The summed E-state index contributed by atoms with van der Waals surface area (Å²) in [4.78, 5) is 0. The van der Waals surface area contributed by atoms with Gasteiger partial charge in [-0.15, -0.1) is 0 Å². The Labute approximate surface area is 95.9 Å². The Morgan fingerprint density at radius 1 is 1.00 bits per heavy atom. The summed E-state index contributed by atoms with van der Waals surface area (Å²) in [7, 11) is -2.17. The van der Waals surface area contributed by atoms with Gasteiger partial charge < -0.3 is 15.1 Å². The van der Waals surface area contributed by atoms with Crippen molar-refractivity contribution in [3.63, 3.8) is 0 Å². The molecule has 0 amide bonds. The monoisotopic (exact) mass is 269 g/mol. The fourth-order valence-electron chi connectivity index (χ4n) is 0. The van der Waals surface area contributed by atoms with Gasteiger partial charge in [-0.2, -0.15) is 0 Å². The third-order valence-electron chi connectivity index (χ3n) is 0. The third-order valence-corrected chi connectivity index (χ3v) is 0. The predicted molar refractivity (Wildman–Crippen MR) is 21.0 cm³/mol. The minimum Gasteiger partial charge on any atom is 0 e. The molecule has 0 saturated carbocycles. The second-order valence-corrected chi connectivity index (χ2v) is 0.346. The van der Waals surface area contributed by atoms with Crippen molar-refractivity contribution in [2.45, 2.75) is 0 Å². The van der Waals surface area contributed by atoms with Crippen molar-refractivity contribution >= 4 is 45.1 Å². The maximum Gasteiger partial charge on any atom is 0 e. The van der Waals surface area contributed by atoms with Crippen LogP contribution in [-0.2, 0) is 0 Å². The van der Waals surface area contributed by atoms with Gasteiger partial charge in [0, 0.05) is 37.7 Å². The average molecular weight is 269 g/mol. The largest absolute Gasteiger partial charge is 0 e. The van der Waals surface area contributed by atoms with Crippen molar-refractivity contribution in [2.24, 2.45) is 0 Å². The molecule has 3 N–H and O–H groups in total. The Bertz CT molecular complexity index is 15.5. The average Bonchev–Trinajstić information content (AvgIpc) is 0.811. The molecule has 6 heteroatoms. The van der Waals surface area contributed by atoms with E-state index in [1.54, 1.807) is 0 Å². The summed E-state index contributed by atoms with van der Waals surface area (Å²) >= 11 is 0. The zero-order valence-corrected chi connectivity index (χ0v) is 4.16. The van der Waals surface area contributed by atoms with E-state index in [1.165, 1.54) is 0 Å². The van der Waals surface area contributed by atoms with Gasteiger partial charge in [0.1, 0.15) is 0 Å². The summed E-state index contributed by atoms with van der Waals surface area (Å²) in [5.41, 5.74) is 0. The van der Waals surface area contributed by atoms with E-state index in [0.29, 0.717) is 0 Å². The third kappa shape index (κ3) is 31.8. The maximum atomic E-state index is 7.17. The Balaban J connectivity index is -0.0000000450. The Morgan fingerprint density at radius 3 is 1.00 bits per heavy atom. The molecule has 0 aliphatic heterocycles. The van der Waals surface area contributed by atoms with Crippen LogP contribution in [0.1, 0.15) is 0 Å². The van der Waals surface area contributed by atoms with Crippen LogP contribution in [-0.4, -0.2) is 60.1 Å². The molecule has 0 spiro atoms.